The molecule has 1 saturated carbocycles. The fraction of sp³-hybridized carbons (Fsp3) is 0.469. The van der Waals surface area contributed by atoms with Crippen LogP contribution in [0.2, 0.25) is 0 Å². The van der Waals surface area contributed by atoms with Gasteiger partial charge in [0.25, 0.3) is 0 Å². The number of methoxy groups -OCH3 is 1. The van der Waals surface area contributed by atoms with E-state index in [1.165, 1.54) is 19.2 Å². The number of fused-ring (bicyclic) bond motifs is 2. The average Bonchev–Trinajstić information content (AvgIpc) is 3.66. The number of amides is 1. The van der Waals surface area contributed by atoms with Crippen molar-refractivity contribution < 1.29 is 32.3 Å². The maximum atomic E-state index is 14.5. The molecule has 2 atom stereocenters. The molecule has 6 rings (SSSR count). The van der Waals surface area contributed by atoms with Gasteiger partial charge >= 0.3 is 5.97 Å². The van der Waals surface area contributed by atoms with Gasteiger partial charge in [-0.3, -0.25) is 9.59 Å². The molecule has 0 radical (unpaired) electrons. The Morgan fingerprint density at radius 3 is 2.71 bits per heavy atom. The third kappa shape index (κ3) is 5.90. The Labute approximate surface area is 242 Å². The molecule has 0 N–H and O–H groups in total. The van der Waals surface area contributed by atoms with Crippen LogP contribution in [-0.4, -0.2) is 64.9 Å². The van der Waals surface area contributed by atoms with E-state index < -0.39 is 6.17 Å². The number of alkyl halides is 1. The summed E-state index contributed by atoms with van der Waals surface area (Å²) in [6, 6.07) is 9.71. The van der Waals surface area contributed by atoms with Crippen LogP contribution in [0.15, 0.2) is 47.0 Å². The van der Waals surface area contributed by atoms with Gasteiger partial charge in [0.1, 0.15) is 17.5 Å². The number of halogens is 2. The predicted molar refractivity (Wildman–Crippen MR) is 153 cm³/mol. The first-order valence-electron chi connectivity index (χ1n) is 14.5. The number of aryl methyl sites for hydroxylation is 1. The minimum absolute atomic E-state index is 0.0517. The Kier molecular flexibility index (Phi) is 7.98. The minimum atomic E-state index is -1.08. The zero-order valence-electron chi connectivity index (χ0n) is 23.9. The van der Waals surface area contributed by atoms with Crippen LogP contribution in [0.25, 0.3) is 33.5 Å². The molecule has 1 saturated heterocycles. The van der Waals surface area contributed by atoms with Crippen LogP contribution in [0, 0.1) is 11.7 Å². The number of benzene rings is 2. The van der Waals surface area contributed by atoms with Gasteiger partial charge < -0.3 is 23.4 Å². The zero-order chi connectivity index (χ0) is 29.4. The molecule has 8 nitrogen and oxygen atoms in total. The fourth-order valence-electron chi connectivity index (χ4n) is 6.40. The second-order valence-corrected chi connectivity index (χ2v) is 11.6. The lowest BCUT2D eigenvalue weighted by Gasteiger charge is -2.30. The first-order chi connectivity index (χ1) is 20.3. The summed E-state index contributed by atoms with van der Waals surface area (Å²) in [6.07, 6.45) is 5.09. The lowest BCUT2D eigenvalue weighted by Crippen LogP contribution is -2.40. The highest BCUT2D eigenvalue weighted by Gasteiger charge is 2.36. The van der Waals surface area contributed by atoms with E-state index in [1.54, 1.807) is 23.1 Å². The summed E-state index contributed by atoms with van der Waals surface area (Å²) in [7, 11) is 3.29. The van der Waals surface area contributed by atoms with Gasteiger partial charge in [0, 0.05) is 37.0 Å². The lowest BCUT2D eigenvalue weighted by atomic mass is 9.85. The number of hydrogen-bond acceptors (Lipinski definition) is 6. The van der Waals surface area contributed by atoms with Crippen molar-refractivity contribution in [1.82, 2.24) is 14.5 Å². The highest BCUT2D eigenvalue weighted by molar-refractivity contribution is 5.95. The van der Waals surface area contributed by atoms with Crippen molar-refractivity contribution in [3.8, 4) is 11.5 Å². The van der Waals surface area contributed by atoms with Gasteiger partial charge in [-0.05, 0) is 67.5 Å². The number of hydrogen-bond donors (Lipinski definition) is 0. The summed E-state index contributed by atoms with van der Waals surface area (Å²) < 4.78 is 47.3. The Balaban J connectivity index is 1.09. The molecule has 222 valence electrons. The lowest BCUT2D eigenvalue weighted by molar-refractivity contribution is -0.142. The summed E-state index contributed by atoms with van der Waals surface area (Å²) in [5.41, 5.74) is 3.45. The van der Waals surface area contributed by atoms with E-state index in [0.717, 1.165) is 36.8 Å². The van der Waals surface area contributed by atoms with Crippen molar-refractivity contribution in [2.45, 2.75) is 63.3 Å². The molecule has 0 unspecified atom stereocenters. The van der Waals surface area contributed by atoms with Crippen LogP contribution in [0.4, 0.5) is 8.78 Å². The molecule has 1 aliphatic heterocycles. The number of oxazole rings is 1. The number of aromatic nitrogens is 2. The van der Waals surface area contributed by atoms with Gasteiger partial charge in [0.05, 0.1) is 44.4 Å². The maximum absolute atomic E-state index is 14.5. The summed E-state index contributed by atoms with van der Waals surface area (Å²) in [6.45, 7) is 0.361. The molecule has 2 aromatic carbocycles. The minimum Gasteiger partial charge on any atom is -0.469 e. The maximum Gasteiger partial charge on any atom is 0.305 e. The molecular weight excluding hydrogens is 544 g/mol. The van der Waals surface area contributed by atoms with Crippen LogP contribution < -0.4 is 0 Å². The van der Waals surface area contributed by atoms with Gasteiger partial charge in [0.15, 0.2) is 5.58 Å². The third-order valence-corrected chi connectivity index (χ3v) is 8.67. The Hall–Kier alpha value is -3.79. The SMILES string of the molecule is COC(=O)CC1CCC(OC[C@@H]2C[C@H](F)CN2C(=O)Cc2ccc3nc(-c4cn(C)c5ccc(F)cc45)oc3c2)CC1. The zero-order valence-corrected chi connectivity index (χ0v) is 23.9. The standard InChI is InChI=1S/C32H35F2N3O5/c1-36-17-26(25-15-21(33)6-10-28(25)36)32-35-27-9-5-20(11-29(27)42-32)12-30(38)37-16-22(34)14-23(37)18-41-24-7-3-19(4-8-24)13-31(39)40-2/h5-6,9-11,15,17,19,22-24H,3-4,7-8,12-14,16,18H2,1-2H3/t19?,22-,23-,24?/m0/s1. The average molecular weight is 580 g/mol. The van der Waals surface area contributed by atoms with Crippen molar-refractivity contribution in [3.05, 3.63) is 54.0 Å². The molecule has 10 heteroatoms. The summed E-state index contributed by atoms with van der Waals surface area (Å²) in [5.74, 6) is 0.00830. The van der Waals surface area contributed by atoms with Crippen molar-refractivity contribution in [3.63, 3.8) is 0 Å². The number of likely N-dealkylation sites (tertiary alicyclic amines) is 1. The molecule has 42 heavy (non-hydrogen) atoms. The number of ether oxygens (including phenoxy) is 2. The largest absolute Gasteiger partial charge is 0.469 e. The Morgan fingerprint density at radius 2 is 1.93 bits per heavy atom. The molecule has 1 amide bonds. The smallest absolute Gasteiger partial charge is 0.305 e. The molecule has 2 aliphatic rings. The van der Waals surface area contributed by atoms with Gasteiger partial charge in [0.2, 0.25) is 11.8 Å². The number of carbonyl (C=O) groups is 2. The monoisotopic (exact) mass is 579 g/mol. The molecule has 2 aromatic heterocycles. The fourth-order valence-corrected chi connectivity index (χ4v) is 6.40. The van der Waals surface area contributed by atoms with Crippen LogP contribution in [-0.2, 0) is 32.5 Å². The van der Waals surface area contributed by atoms with Crippen molar-refractivity contribution >= 4 is 33.9 Å². The van der Waals surface area contributed by atoms with Crippen molar-refractivity contribution in [1.29, 1.82) is 0 Å². The van der Waals surface area contributed by atoms with Crippen LogP contribution >= 0.6 is 0 Å². The highest BCUT2D eigenvalue weighted by Crippen LogP contribution is 2.33. The van der Waals surface area contributed by atoms with E-state index in [1.807, 2.05) is 23.9 Å². The molecular formula is C32H35F2N3O5. The van der Waals surface area contributed by atoms with Gasteiger partial charge in [-0.15, -0.1) is 0 Å². The number of rotatable bonds is 8. The van der Waals surface area contributed by atoms with Crippen LogP contribution in [0.5, 0.6) is 0 Å². The molecule has 1 aliphatic carbocycles. The predicted octanol–water partition coefficient (Wildman–Crippen LogP) is 5.75. The van der Waals surface area contributed by atoms with Crippen LogP contribution in [0.1, 0.15) is 44.1 Å². The first kappa shape index (κ1) is 28.3. The van der Waals surface area contributed by atoms with E-state index in [0.29, 0.717) is 46.9 Å². The summed E-state index contributed by atoms with van der Waals surface area (Å²) >= 11 is 0. The normalized spacial score (nSPS) is 22.7. The topological polar surface area (TPSA) is 86.8 Å². The van der Waals surface area contributed by atoms with Gasteiger partial charge in [-0.2, -0.15) is 0 Å². The third-order valence-electron chi connectivity index (χ3n) is 8.67. The number of esters is 1. The van der Waals surface area contributed by atoms with E-state index in [4.69, 9.17) is 13.9 Å². The molecule has 0 bridgehead atoms. The molecule has 2 fully saturated rings. The van der Waals surface area contributed by atoms with Crippen molar-refractivity contribution in [2.75, 3.05) is 20.3 Å². The summed E-state index contributed by atoms with van der Waals surface area (Å²) in [5, 5.41) is 0.705. The molecule has 3 heterocycles. The summed E-state index contributed by atoms with van der Waals surface area (Å²) in [4.78, 5) is 31.1. The van der Waals surface area contributed by atoms with Crippen LogP contribution in [0.3, 0.4) is 0 Å². The first-order valence-corrected chi connectivity index (χ1v) is 14.5. The molecule has 4 aromatic rings. The quantitative estimate of drug-likeness (QED) is 0.247. The van der Waals surface area contributed by atoms with Gasteiger partial charge in [-0.1, -0.05) is 6.07 Å². The van der Waals surface area contributed by atoms with E-state index in [2.05, 4.69) is 4.98 Å². The van der Waals surface area contributed by atoms with Crippen molar-refractivity contribution in [2.24, 2.45) is 13.0 Å². The van der Waals surface area contributed by atoms with E-state index in [-0.39, 0.29) is 49.2 Å². The second-order valence-electron chi connectivity index (χ2n) is 11.6. The Morgan fingerprint density at radius 1 is 1.12 bits per heavy atom. The second kappa shape index (κ2) is 11.8. The Bertz CT molecular complexity index is 1610. The van der Waals surface area contributed by atoms with Gasteiger partial charge in [-0.25, -0.2) is 13.8 Å². The number of nitrogens with zero attached hydrogens (tertiary/aromatic N) is 3. The molecule has 0 spiro atoms. The highest BCUT2D eigenvalue weighted by atomic mass is 19.1. The van der Waals surface area contributed by atoms with E-state index in [9.17, 15) is 18.4 Å². The van der Waals surface area contributed by atoms with E-state index >= 15 is 0 Å². The number of carbonyl (C=O) groups excluding carboxylic acids is 2.